The van der Waals surface area contributed by atoms with Crippen LogP contribution in [0.25, 0.3) is 0 Å². The van der Waals surface area contributed by atoms with E-state index in [4.69, 9.17) is 0 Å². The molecule has 0 heterocycles. The van der Waals surface area contributed by atoms with E-state index in [0.717, 1.165) is 38.4 Å². The van der Waals surface area contributed by atoms with Gasteiger partial charge in [-0.05, 0) is 104 Å². The number of hydrogen-bond donors (Lipinski definition) is 1. The molecule has 4 saturated carbocycles. The largest absolute Gasteiger partial charge is 0.357 e. The van der Waals surface area contributed by atoms with Gasteiger partial charge in [0.05, 0.1) is 11.9 Å². The monoisotopic (exact) mass is 615 g/mol. The quantitative estimate of drug-likeness (QED) is 0.437. The molecule has 0 spiro atoms. The predicted octanol–water partition coefficient (Wildman–Crippen LogP) is 4.85. The van der Waals surface area contributed by atoms with Gasteiger partial charge >= 0.3 is 0 Å². The van der Waals surface area contributed by atoms with Gasteiger partial charge in [-0.15, -0.1) is 0 Å². The minimum atomic E-state index is -3.76. The van der Waals surface area contributed by atoms with Gasteiger partial charge in [0.2, 0.25) is 21.8 Å². The van der Waals surface area contributed by atoms with Crippen molar-refractivity contribution >= 4 is 43.5 Å². The summed E-state index contributed by atoms with van der Waals surface area (Å²) in [6, 6.07) is 14.6. The highest BCUT2D eigenvalue weighted by Gasteiger charge is 2.51. The Balaban J connectivity index is 1.38. The van der Waals surface area contributed by atoms with E-state index < -0.39 is 22.0 Å². The topological polar surface area (TPSA) is 86.8 Å². The van der Waals surface area contributed by atoms with Crippen molar-refractivity contribution in [1.29, 1.82) is 0 Å². The van der Waals surface area contributed by atoms with Gasteiger partial charge in [0.15, 0.2) is 0 Å². The van der Waals surface area contributed by atoms with Crippen LogP contribution in [-0.4, -0.2) is 51.0 Å². The summed E-state index contributed by atoms with van der Waals surface area (Å²) in [5.41, 5.74) is 2.82. The molecule has 9 heteroatoms. The van der Waals surface area contributed by atoms with E-state index in [9.17, 15) is 18.0 Å². The molecule has 1 atom stereocenters. The molecule has 4 fully saturated rings. The van der Waals surface area contributed by atoms with Crippen molar-refractivity contribution in [3.05, 3.63) is 64.1 Å². The Morgan fingerprint density at radius 1 is 0.974 bits per heavy atom. The van der Waals surface area contributed by atoms with Crippen LogP contribution >= 0.6 is 15.9 Å². The molecule has 2 aromatic carbocycles. The number of carbonyl (C=O) groups excluding carboxylic acids is 2. The highest BCUT2D eigenvalue weighted by atomic mass is 79.9. The number of nitrogens with zero attached hydrogens (tertiary/aromatic N) is 2. The van der Waals surface area contributed by atoms with Crippen LogP contribution in [0.1, 0.15) is 56.6 Å². The van der Waals surface area contributed by atoms with Crippen molar-refractivity contribution < 1.29 is 18.0 Å². The molecule has 6 rings (SSSR count). The van der Waals surface area contributed by atoms with Crippen molar-refractivity contribution in [2.75, 3.05) is 24.2 Å². The summed E-state index contributed by atoms with van der Waals surface area (Å²) in [5, 5.41) is 2.60. The summed E-state index contributed by atoms with van der Waals surface area (Å²) >= 11 is 3.42. The minimum absolute atomic E-state index is 0.184. The van der Waals surface area contributed by atoms with Gasteiger partial charge in [0.1, 0.15) is 12.6 Å². The number of anilines is 1. The fraction of sp³-hybridized carbons (Fsp3) is 0.533. The molecule has 0 aromatic heterocycles. The third kappa shape index (κ3) is 5.89. The summed E-state index contributed by atoms with van der Waals surface area (Å²) < 4.78 is 27.9. The normalized spacial score (nSPS) is 26.2. The SMILES string of the molecule is CNC(=O)[C@H](C)N(Cc1ccc(Br)cc1)C(=O)CN(c1ccc(C23CC4CC(CC(C4)C2)C3)cc1)S(C)(=O)=O. The van der Waals surface area contributed by atoms with Gasteiger partial charge in [-0.1, -0.05) is 40.2 Å². The van der Waals surface area contributed by atoms with E-state index in [1.54, 1.807) is 6.92 Å². The van der Waals surface area contributed by atoms with Crippen LogP contribution < -0.4 is 9.62 Å². The smallest absolute Gasteiger partial charge is 0.244 e. The summed E-state index contributed by atoms with van der Waals surface area (Å²) in [6.45, 7) is 1.46. The Bertz CT molecular complexity index is 1290. The van der Waals surface area contributed by atoms with Crippen LogP contribution in [0.15, 0.2) is 53.0 Å². The molecule has 4 aliphatic rings. The third-order valence-electron chi connectivity index (χ3n) is 9.16. The molecule has 4 bridgehead atoms. The fourth-order valence-electron chi connectivity index (χ4n) is 7.64. The lowest BCUT2D eigenvalue weighted by molar-refractivity contribution is -0.139. The Morgan fingerprint density at radius 3 is 2.00 bits per heavy atom. The van der Waals surface area contributed by atoms with Crippen molar-refractivity contribution in [2.24, 2.45) is 17.8 Å². The molecule has 7 nitrogen and oxygen atoms in total. The van der Waals surface area contributed by atoms with Gasteiger partial charge in [0, 0.05) is 18.1 Å². The Hall–Kier alpha value is -2.39. The number of sulfonamides is 1. The maximum absolute atomic E-state index is 13.6. The second kappa shape index (κ2) is 10.9. The first-order valence-electron chi connectivity index (χ1n) is 13.8. The summed E-state index contributed by atoms with van der Waals surface area (Å²) in [4.78, 5) is 27.6. The number of nitrogens with one attached hydrogen (secondary N) is 1. The first-order valence-corrected chi connectivity index (χ1v) is 16.5. The Labute approximate surface area is 240 Å². The van der Waals surface area contributed by atoms with Crippen molar-refractivity contribution in [1.82, 2.24) is 10.2 Å². The van der Waals surface area contributed by atoms with Crippen LogP contribution in [0.4, 0.5) is 5.69 Å². The first kappa shape index (κ1) is 28.1. The number of halogens is 1. The maximum atomic E-state index is 13.6. The highest BCUT2D eigenvalue weighted by Crippen LogP contribution is 2.60. The molecule has 0 aliphatic heterocycles. The average molecular weight is 617 g/mol. The first-order chi connectivity index (χ1) is 18.5. The number of benzene rings is 2. The molecular weight excluding hydrogens is 578 g/mol. The van der Waals surface area contributed by atoms with Gasteiger partial charge in [-0.3, -0.25) is 13.9 Å². The number of hydrogen-bond acceptors (Lipinski definition) is 4. The minimum Gasteiger partial charge on any atom is -0.357 e. The summed E-state index contributed by atoms with van der Waals surface area (Å²) in [6.07, 6.45) is 8.92. The average Bonchev–Trinajstić information content (AvgIpc) is 2.89. The number of rotatable bonds is 9. The molecule has 1 N–H and O–H groups in total. The number of amides is 2. The van der Waals surface area contributed by atoms with E-state index in [2.05, 4.69) is 33.4 Å². The van der Waals surface area contributed by atoms with Gasteiger partial charge in [-0.25, -0.2) is 8.42 Å². The van der Waals surface area contributed by atoms with Crippen LogP contribution in [-0.2, 0) is 31.6 Å². The standard InChI is InChI=1S/C30H38BrN3O4S/c1-20(29(36)32-2)33(18-21-4-8-26(31)9-5-21)28(35)19-34(39(3,37)38)27-10-6-25(7-11-27)30-15-22-12-23(16-30)14-24(13-22)17-30/h4-11,20,22-24H,12-19H2,1-3H3,(H,32,36)/t20-,22?,23?,24?,30?/m0/s1. The third-order valence-corrected chi connectivity index (χ3v) is 10.8. The zero-order chi connectivity index (χ0) is 27.9. The van der Waals surface area contributed by atoms with Gasteiger partial charge in [-0.2, -0.15) is 0 Å². The van der Waals surface area contributed by atoms with Crippen LogP contribution in [0.3, 0.4) is 0 Å². The zero-order valence-electron chi connectivity index (χ0n) is 22.9. The Morgan fingerprint density at radius 2 is 1.51 bits per heavy atom. The van der Waals surface area contributed by atoms with E-state index in [1.165, 1.54) is 56.0 Å². The zero-order valence-corrected chi connectivity index (χ0v) is 25.3. The van der Waals surface area contributed by atoms with Gasteiger partial charge < -0.3 is 10.2 Å². The molecule has 39 heavy (non-hydrogen) atoms. The Kier molecular flexibility index (Phi) is 7.85. The second-order valence-electron chi connectivity index (χ2n) is 12.0. The van der Waals surface area contributed by atoms with Crippen LogP contribution in [0.2, 0.25) is 0 Å². The lowest BCUT2D eigenvalue weighted by atomic mass is 9.48. The molecule has 0 saturated heterocycles. The van der Waals surface area contributed by atoms with Crippen LogP contribution in [0.5, 0.6) is 0 Å². The molecule has 4 aliphatic carbocycles. The molecule has 2 aromatic rings. The second-order valence-corrected chi connectivity index (χ2v) is 14.8. The predicted molar refractivity (Wildman–Crippen MR) is 157 cm³/mol. The van der Waals surface area contributed by atoms with E-state index in [1.807, 2.05) is 36.4 Å². The van der Waals surface area contributed by atoms with Crippen molar-refractivity contribution in [3.63, 3.8) is 0 Å². The molecular formula is C30H38BrN3O4S. The van der Waals surface area contributed by atoms with Crippen molar-refractivity contribution in [2.45, 2.75) is 63.5 Å². The molecule has 2 amide bonds. The van der Waals surface area contributed by atoms with Gasteiger partial charge in [0.25, 0.3) is 0 Å². The summed E-state index contributed by atoms with van der Waals surface area (Å²) in [7, 11) is -2.23. The van der Waals surface area contributed by atoms with Crippen molar-refractivity contribution in [3.8, 4) is 0 Å². The highest BCUT2D eigenvalue weighted by molar-refractivity contribution is 9.10. The number of carbonyl (C=O) groups is 2. The molecule has 210 valence electrons. The van der Waals surface area contributed by atoms with E-state index >= 15 is 0 Å². The molecule has 0 radical (unpaired) electrons. The van der Waals surface area contributed by atoms with Crippen LogP contribution in [0, 0.1) is 17.8 Å². The molecule has 0 unspecified atom stereocenters. The maximum Gasteiger partial charge on any atom is 0.244 e. The lowest BCUT2D eigenvalue weighted by Crippen LogP contribution is -2.50. The summed E-state index contributed by atoms with van der Waals surface area (Å²) in [5.74, 6) is 1.70. The fourth-order valence-corrected chi connectivity index (χ4v) is 8.75. The van der Waals surface area contributed by atoms with E-state index in [0.29, 0.717) is 5.69 Å². The number of likely N-dealkylation sites (N-methyl/N-ethyl adjacent to an activating group) is 1. The lowest BCUT2D eigenvalue weighted by Gasteiger charge is -2.57. The van der Waals surface area contributed by atoms with E-state index in [-0.39, 0.29) is 24.4 Å².